The van der Waals surface area contributed by atoms with Gasteiger partial charge in [-0.05, 0) is 31.2 Å². The molecule has 0 aliphatic carbocycles. The molecule has 0 fully saturated rings. The molecule has 0 radical (unpaired) electrons. The maximum absolute atomic E-state index is 12.1. The van der Waals surface area contributed by atoms with Crippen molar-refractivity contribution < 1.29 is 28.6 Å². The van der Waals surface area contributed by atoms with Gasteiger partial charge in [-0.2, -0.15) is 4.98 Å². The fourth-order valence-corrected chi connectivity index (χ4v) is 2.42. The molecule has 3 aromatic rings. The third kappa shape index (κ3) is 4.00. The Morgan fingerprint density at radius 1 is 1.15 bits per heavy atom. The van der Waals surface area contributed by atoms with Crippen LogP contribution >= 0.6 is 0 Å². The first-order valence-corrected chi connectivity index (χ1v) is 8.03. The summed E-state index contributed by atoms with van der Waals surface area (Å²) < 4.78 is 20.7. The monoisotopic (exact) mass is 370 g/mol. The fourth-order valence-electron chi connectivity index (χ4n) is 2.42. The van der Waals surface area contributed by atoms with Crippen molar-refractivity contribution in [2.24, 2.45) is 0 Å². The van der Waals surface area contributed by atoms with Crippen molar-refractivity contribution >= 4 is 5.97 Å². The molecule has 2 aromatic carbocycles. The summed E-state index contributed by atoms with van der Waals surface area (Å²) in [5, 5.41) is 13.7. The summed E-state index contributed by atoms with van der Waals surface area (Å²) in [7, 11) is 3.08. The second-order valence-corrected chi connectivity index (χ2v) is 5.67. The van der Waals surface area contributed by atoms with Crippen molar-refractivity contribution in [3.8, 4) is 28.6 Å². The number of carbonyl (C=O) groups excluding carboxylic acids is 1. The fraction of sp³-hybridized carbons (Fsp3) is 0.211. The van der Waals surface area contributed by atoms with Gasteiger partial charge in [0.25, 0.3) is 5.89 Å². The van der Waals surface area contributed by atoms with Crippen LogP contribution in [0.5, 0.6) is 17.2 Å². The van der Waals surface area contributed by atoms with Crippen LogP contribution in [0.2, 0.25) is 0 Å². The number of aromatic hydroxyl groups is 1. The van der Waals surface area contributed by atoms with Crippen LogP contribution in [-0.4, -0.2) is 35.4 Å². The van der Waals surface area contributed by atoms with E-state index in [1.165, 1.54) is 13.2 Å². The molecule has 0 saturated heterocycles. The van der Waals surface area contributed by atoms with E-state index < -0.39 is 5.97 Å². The van der Waals surface area contributed by atoms with E-state index >= 15 is 0 Å². The SMILES string of the molecule is COc1ccc(-c2noc(COC(=O)c3cc(C)ccc3O)n2)c(OC)c1. The number of carbonyl (C=O) groups is 1. The standard InChI is InChI=1S/C19H18N2O6/c1-11-4-7-15(22)14(8-11)19(23)26-10-17-20-18(21-27-17)13-6-5-12(24-2)9-16(13)25-3/h4-9,22H,10H2,1-3H3. The number of aromatic nitrogens is 2. The second kappa shape index (κ2) is 7.77. The third-order valence-electron chi connectivity index (χ3n) is 3.82. The summed E-state index contributed by atoms with van der Waals surface area (Å²) in [6.45, 7) is 1.58. The van der Waals surface area contributed by atoms with Crippen LogP contribution in [0.3, 0.4) is 0 Å². The lowest BCUT2D eigenvalue weighted by atomic mass is 10.1. The summed E-state index contributed by atoms with van der Waals surface area (Å²) in [6.07, 6.45) is 0. The van der Waals surface area contributed by atoms with Crippen molar-refractivity contribution in [3.63, 3.8) is 0 Å². The number of esters is 1. The van der Waals surface area contributed by atoms with Gasteiger partial charge in [0.2, 0.25) is 5.82 Å². The van der Waals surface area contributed by atoms with Gasteiger partial charge in [0.1, 0.15) is 22.8 Å². The highest BCUT2D eigenvalue weighted by molar-refractivity contribution is 5.92. The van der Waals surface area contributed by atoms with Gasteiger partial charge in [-0.3, -0.25) is 0 Å². The molecule has 0 aliphatic heterocycles. The molecule has 0 aliphatic rings. The van der Waals surface area contributed by atoms with Gasteiger partial charge in [0.05, 0.1) is 19.8 Å². The number of rotatable bonds is 6. The molecule has 0 unspecified atom stereocenters. The van der Waals surface area contributed by atoms with E-state index in [0.29, 0.717) is 22.9 Å². The largest absolute Gasteiger partial charge is 0.507 e. The summed E-state index contributed by atoms with van der Waals surface area (Å²) in [5.41, 5.74) is 1.51. The average molecular weight is 370 g/mol. The molecular formula is C19H18N2O6. The lowest BCUT2D eigenvalue weighted by Gasteiger charge is -2.07. The predicted molar refractivity (Wildman–Crippen MR) is 94.8 cm³/mol. The Kier molecular flexibility index (Phi) is 5.25. The van der Waals surface area contributed by atoms with Crippen molar-refractivity contribution in [3.05, 3.63) is 53.4 Å². The van der Waals surface area contributed by atoms with Crippen LogP contribution in [-0.2, 0) is 11.3 Å². The van der Waals surface area contributed by atoms with Crippen molar-refractivity contribution in [2.75, 3.05) is 14.2 Å². The van der Waals surface area contributed by atoms with Gasteiger partial charge in [0.15, 0.2) is 6.61 Å². The van der Waals surface area contributed by atoms with E-state index in [1.807, 2.05) is 6.92 Å². The van der Waals surface area contributed by atoms with Crippen LogP contribution in [0.1, 0.15) is 21.8 Å². The molecule has 8 heteroatoms. The molecule has 0 bridgehead atoms. The molecule has 0 saturated carbocycles. The Morgan fingerprint density at radius 2 is 1.96 bits per heavy atom. The minimum Gasteiger partial charge on any atom is -0.507 e. The highest BCUT2D eigenvalue weighted by Crippen LogP contribution is 2.31. The number of phenolic OH excluding ortho intramolecular Hbond substituents is 1. The number of methoxy groups -OCH3 is 2. The normalized spacial score (nSPS) is 10.5. The average Bonchev–Trinajstić information content (AvgIpc) is 3.16. The minimum atomic E-state index is -0.682. The van der Waals surface area contributed by atoms with Crippen LogP contribution in [0.4, 0.5) is 0 Å². The summed E-state index contributed by atoms with van der Waals surface area (Å²) in [4.78, 5) is 16.3. The van der Waals surface area contributed by atoms with Gasteiger partial charge in [-0.15, -0.1) is 0 Å². The van der Waals surface area contributed by atoms with E-state index in [2.05, 4.69) is 10.1 Å². The summed E-state index contributed by atoms with van der Waals surface area (Å²) >= 11 is 0. The first kappa shape index (κ1) is 18.2. The molecule has 27 heavy (non-hydrogen) atoms. The Bertz CT molecular complexity index is 967. The Balaban J connectivity index is 1.73. The van der Waals surface area contributed by atoms with Crippen molar-refractivity contribution in [1.82, 2.24) is 10.1 Å². The number of nitrogens with zero attached hydrogens (tertiary/aromatic N) is 2. The van der Waals surface area contributed by atoms with Gasteiger partial charge in [0, 0.05) is 6.07 Å². The molecular weight excluding hydrogens is 352 g/mol. The van der Waals surface area contributed by atoms with Crippen molar-refractivity contribution in [1.29, 1.82) is 0 Å². The molecule has 140 valence electrons. The smallest absolute Gasteiger partial charge is 0.342 e. The maximum Gasteiger partial charge on any atom is 0.342 e. The van der Waals surface area contributed by atoms with Crippen LogP contribution in [0, 0.1) is 6.92 Å². The molecule has 3 rings (SSSR count). The molecule has 8 nitrogen and oxygen atoms in total. The Morgan fingerprint density at radius 3 is 2.70 bits per heavy atom. The van der Waals surface area contributed by atoms with Gasteiger partial charge in [-0.25, -0.2) is 4.79 Å². The zero-order valence-corrected chi connectivity index (χ0v) is 15.1. The Hall–Kier alpha value is -3.55. The number of phenols is 1. The van der Waals surface area contributed by atoms with Crippen molar-refractivity contribution in [2.45, 2.75) is 13.5 Å². The molecule has 1 N–H and O–H groups in total. The Labute approximate surface area is 155 Å². The molecule has 1 heterocycles. The maximum atomic E-state index is 12.1. The highest BCUT2D eigenvalue weighted by atomic mass is 16.6. The topological polar surface area (TPSA) is 104 Å². The number of aryl methyl sites for hydroxylation is 1. The summed E-state index contributed by atoms with van der Waals surface area (Å²) in [5.74, 6) is 0.717. The number of benzene rings is 2. The first-order chi connectivity index (χ1) is 13.0. The van der Waals surface area contributed by atoms with Gasteiger partial charge < -0.3 is 23.8 Å². The number of hydrogen-bond donors (Lipinski definition) is 1. The predicted octanol–water partition coefficient (Wildman–Crippen LogP) is 3.12. The molecule has 0 atom stereocenters. The van der Waals surface area contributed by atoms with Gasteiger partial charge in [-0.1, -0.05) is 16.8 Å². The lowest BCUT2D eigenvalue weighted by molar-refractivity contribution is 0.0426. The molecule has 1 aromatic heterocycles. The quantitative estimate of drug-likeness (QED) is 0.660. The summed E-state index contributed by atoms with van der Waals surface area (Å²) in [6, 6.07) is 9.86. The zero-order chi connectivity index (χ0) is 19.4. The first-order valence-electron chi connectivity index (χ1n) is 8.03. The zero-order valence-electron chi connectivity index (χ0n) is 15.1. The lowest BCUT2D eigenvalue weighted by Crippen LogP contribution is -2.06. The molecule has 0 amide bonds. The van der Waals surface area contributed by atoms with Crippen LogP contribution < -0.4 is 9.47 Å². The highest BCUT2D eigenvalue weighted by Gasteiger charge is 2.17. The minimum absolute atomic E-state index is 0.0755. The van der Waals surface area contributed by atoms with E-state index in [4.69, 9.17) is 18.7 Å². The van der Waals surface area contributed by atoms with E-state index in [1.54, 1.807) is 37.4 Å². The number of ether oxygens (including phenoxy) is 3. The number of hydrogen-bond acceptors (Lipinski definition) is 8. The van der Waals surface area contributed by atoms with E-state index in [0.717, 1.165) is 5.56 Å². The van der Waals surface area contributed by atoms with E-state index in [-0.39, 0.29) is 23.8 Å². The second-order valence-electron chi connectivity index (χ2n) is 5.67. The van der Waals surface area contributed by atoms with Gasteiger partial charge >= 0.3 is 5.97 Å². The van der Waals surface area contributed by atoms with Crippen LogP contribution in [0.25, 0.3) is 11.4 Å². The van der Waals surface area contributed by atoms with Crippen LogP contribution in [0.15, 0.2) is 40.9 Å². The molecule has 0 spiro atoms. The third-order valence-corrected chi connectivity index (χ3v) is 3.82. The van der Waals surface area contributed by atoms with E-state index in [9.17, 15) is 9.90 Å².